The lowest BCUT2D eigenvalue weighted by molar-refractivity contribution is 0.0470. The Morgan fingerprint density at radius 2 is 1.94 bits per heavy atom. The quantitative estimate of drug-likeness (QED) is 0.769. The zero-order valence-corrected chi connectivity index (χ0v) is 11.2. The smallest absolute Gasteiger partial charge is 0.416 e. The highest BCUT2D eigenvalue weighted by atomic mass is 16.6. The Morgan fingerprint density at radius 3 is 2.56 bits per heavy atom. The van der Waals surface area contributed by atoms with Gasteiger partial charge in [-0.3, -0.25) is 4.90 Å². The molecule has 0 spiro atoms. The molecule has 4 heteroatoms. The average Bonchev–Trinajstić information content (AvgIpc) is 2.50. The lowest BCUT2D eigenvalue weighted by Crippen LogP contribution is -2.42. The zero-order valence-electron chi connectivity index (χ0n) is 11.2. The minimum atomic E-state index is -0.864. The molecule has 0 saturated heterocycles. The van der Waals surface area contributed by atoms with Crippen molar-refractivity contribution in [3.63, 3.8) is 0 Å². The van der Waals surface area contributed by atoms with Crippen LogP contribution >= 0.6 is 0 Å². The third kappa shape index (κ3) is 2.20. The summed E-state index contributed by atoms with van der Waals surface area (Å²) in [7, 11) is 0. The van der Waals surface area contributed by atoms with E-state index in [1.807, 2.05) is 52.0 Å². The third-order valence-electron chi connectivity index (χ3n) is 2.99. The van der Waals surface area contributed by atoms with Crippen molar-refractivity contribution < 1.29 is 14.6 Å². The number of nitrogens with zero attached hydrogens (tertiary/aromatic N) is 1. The first-order chi connectivity index (χ1) is 8.31. The van der Waals surface area contributed by atoms with Crippen molar-refractivity contribution in [1.82, 2.24) is 0 Å². The highest BCUT2D eigenvalue weighted by molar-refractivity contribution is 5.91. The standard InChI is InChI=1S/C14H19NO3/c1-9-10-7-5-6-8-11(10)15(12(9)16)13(17)18-14(2,3)4/h5-9,12,16H,1-4H3/t9-,12-/m0/s1. The number of aliphatic hydroxyl groups is 1. The molecule has 1 aliphatic heterocycles. The van der Waals surface area contributed by atoms with E-state index >= 15 is 0 Å². The number of fused-ring (bicyclic) bond motifs is 1. The highest BCUT2D eigenvalue weighted by Crippen LogP contribution is 2.40. The number of ether oxygens (including phenoxy) is 1. The molecule has 0 bridgehead atoms. The summed E-state index contributed by atoms with van der Waals surface area (Å²) in [6.07, 6.45) is -1.37. The van der Waals surface area contributed by atoms with E-state index in [4.69, 9.17) is 4.74 Å². The summed E-state index contributed by atoms with van der Waals surface area (Å²) < 4.78 is 5.32. The first-order valence-corrected chi connectivity index (χ1v) is 6.10. The highest BCUT2D eigenvalue weighted by Gasteiger charge is 2.39. The van der Waals surface area contributed by atoms with Gasteiger partial charge in [-0.25, -0.2) is 4.79 Å². The van der Waals surface area contributed by atoms with Crippen LogP contribution in [0.2, 0.25) is 0 Å². The maximum Gasteiger partial charge on any atom is 0.416 e. The van der Waals surface area contributed by atoms with E-state index in [9.17, 15) is 9.90 Å². The van der Waals surface area contributed by atoms with Crippen molar-refractivity contribution in [2.75, 3.05) is 4.90 Å². The van der Waals surface area contributed by atoms with E-state index < -0.39 is 17.9 Å². The van der Waals surface area contributed by atoms with Crippen LogP contribution in [0, 0.1) is 0 Å². The first kappa shape index (κ1) is 12.9. The van der Waals surface area contributed by atoms with Crippen LogP contribution in [0.15, 0.2) is 24.3 Å². The van der Waals surface area contributed by atoms with Gasteiger partial charge < -0.3 is 9.84 Å². The van der Waals surface area contributed by atoms with Gasteiger partial charge in [-0.2, -0.15) is 0 Å². The van der Waals surface area contributed by atoms with Crippen LogP contribution < -0.4 is 4.90 Å². The molecule has 0 aromatic heterocycles. The lowest BCUT2D eigenvalue weighted by atomic mass is 10.0. The number of carbonyl (C=O) groups excluding carboxylic acids is 1. The summed E-state index contributed by atoms with van der Waals surface area (Å²) in [6.45, 7) is 7.32. The molecule has 2 atom stereocenters. The van der Waals surface area contributed by atoms with Gasteiger partial charge in [0, 0.05) is 5.92 Å². The lowest BCUT2D eigenvalue weighted by Gasteiger charge is -2.27. The Bertz CT molecular complexity index is 464. The number of hydrogen-bond donors (Lipinski definition) is 1. The molecule has 0 fully saturated rings. The van der Waals surface area contributed by atoms with Crippen molar-refractivity contribution in [3.8, 4) is 0 Å². The Labute approximate surface area is 107 Å². The van der Waals surface area contributed by atoms with E-state index in [1.54, 1.807) is 0 Å². The number of aliphatic hydroxyl groups excluding tert-OH is 1. The Kier molecular flexibility index (Phi) is 3.07. The maximum atomic E-state index is 12.1. The summed E-state index contributed by atoms with van der Waals surface area (Å²) in [5, 5.41) is 10.2. The topological polar surface area (TPSA) is 49.8 Å². The molecule has 0 unspecified atom stereocenters. The molecule has 18 heavy (non-hydrogen) atoms. The van der Waals surface area contributed by atoms with Crippen LogP contribution in [0.4, 0.5) is 10.5 Å². The summed E-state index contributed by atoms with van der Waals surface area (Å²) >= 11 is 0. The van der Waals surface area contributed by atoms with E-state index in [1.165, 1.54) is 4.90 Å². The summed E-state index contributed by atoms with van der Waals surface area (Å²) in [5.74, 6) is -0.103. The fraction of sp³-hybridized carbons (Fsp3) is 0.500. The fourth-order valence-corrected chi connectivity index (χ4v) is 2.14. The minimum absolute atomic E-state index is 0.103. The van der Waals surface area contributed by atoms with Crippen molar-refractivity contribution in [2.24, 2.45) is 0 Å². The van der Waals surface area contributed by atoms with Gasteiger partial charge in [-0.05, 0) is 32.4 Å². The Hall–Kier alpha value is -1.55. The zero-order chi connectivity index (χ0) is 13.5. The minimum Gasteiger partial charge on any atom is -0.443 e. The van der Waals surface area contributed by atoms with Crippen molar-refractivity contribution in [1.29, 1.82) is 0 Å². The maximum absolute atomic E-state index is 12.1. The van der Waals surface area contributed by atoms with Gasteiger partial charge in [-0.1, -0.05) is 25.1 Å². The van der Waals surface area contributed by atoms with E-state index in [0.29, 0.717) is 0 Å². The van der Waals surface area contributed by atoms with Gasteiger partial charge in [0.15, 0.2) is 0 Å². The second-order valence-corrected chi connectivity index (χ2v) is 5.61. The number of para-hydroxylation sites is 1. The van der Waals surface area contributed by atoms with E-state index in [-0.39, 0.29) is 5.92 Å². The predicted molar refractivity (Wildman–Crippen MR) is 69.6 cm³/mol. The van der Waals surface area contributed by atoms with Crippen LogP contribution in [0.1, 0.15) is 39.2 Å². The van der Waals surface area contributed by atoms with Gasteiger partial charge in [0.1, 0.15) is 11.8 Å². The van der Waals surface area contributed by atoms with Crippen LogP contribution in [0.3, 0.4) is 0 Å². The molecule has 0 radical (unpaired) electrons. The Balaban J connectivity index is 2.32. The monoisotopic (exact) mass is 249 g/mol. The second kappa shape index (κ2) is 4.28. The number of carbonyl (C=O) groups is 1. The predicted octanol–water partition coefficient (Wildman–Crippen LogP) is 2.86. The van der Waals surface area contributed by atoms with Crippen molar-refractivity contribution in [3.05, 3.63) is 29.8 Å². The fourth-order valence-electron chi connectivity index (χ4n) is 2.14. The van der Waals surface area contributed by atoms with Crippen molar-refractivity contribution in [2.45, 2.75) is 45.4 Å². The molecule has 0 saturated carbocycles. The van der Waals surface area contributed by atoms with Gasteiger partial charge in [-0.15, -0.1) is 0 Å². The molecular formula is C14H19NO3. The number of hydrogen-bond acceptors (Lipinski definition) is 3. The summed E-state index contributed by atoms with van der Waals surface area (Å²) in [4.78, 5) is 13.4. The number of anilines is 1. The molecule has 4 nitrogen and oxygen atoms in total. The van der Waals surface area contributed by atoms with Gasteiger partial charge in [0.05, 0.1) is 5.69 Å². The molecule has 1 N–H and O–H groups in total. The largest absolute Gasteiger partial charge is 0.443 e. The molecule has 1 aliphatic rings. The molecule has 1 aromatic carbocycles. The molecule has 98 valence electrons. The SMILES string of the molecule is C[C@H]1c2ccccc2N(C(=O)OC(C)(C)C)[C@H]1O. The van der Waals surface area contributed by atoms with Crippen LogP contribution in [-0.2, 0) is 4.74 Å². The second-order valence-electron chi connectivity index (χ2n) is 5.61. The van der Waals surface area contributed by atoms with E-state index in [0.717, 1.165) is 11.3 Å². The molecule has 1 aromatic rings. The molecule has 1 heterocycles. The van der Waals surface area contributed by atoms with Gasteiger partial charge >= 0.3 is 6.09 Å². The normalized spacial score (nSPS) is 22.8. The van der Waals surface area contributed by atoms with E-state index in [2.05, 4.69) is 0 Å². The van der Waals surface area contributed by atoms with Gasteiger partial charge in [0.2, 0.25) is 0 Å². The molecular weight excluding hydrogens is 230 g/mol. The number of benzene rings is 1. The average molecular weight is 249 g/mol. The third-order valence-corrected chi connectivity index (χ3v) is 2.99. The van der Waals surface area contributed by atoms with Gasteiger partial charge in [0.25, 0.3) is 0 Å². The van der Waals surface area contributed by atoms with Crippen molar-refractivity contribution >= 4 is 11.8 Å². The summed E-state index contributed by atoms with van der Waals surface area (Å²) in [5.41, 5.74) is 1.13. The van der Waals surface area contributed by atoms with Crippen LogP contribution in [0.5, 0.6) is 0 Å². The van der Waals surface area contributed by atoms with Crippen LogP contribution in [-0.4, -0.2) is 23.0 Å². The molecule has 2 rings (SSSR count). The Morgan fingerprint density at radius 1 is 1.33 bits per heavy atom. The molecule has 1 amide bonds. The molecule has 0 aliphatic carbocycles. The number of rotatable bonds is 0. The number of amides is 1. The van der Waals surface area contributed by atoms with Crippen LogP contribution in [0.25, 0.3) is 0 Å². The summed E-state index contributed by atoms with van der Waals surface area (Å²) in [6, 6.07) is 7.50. The first-order valence-electron chi connectivity index (χ1n) is 6.10.